The van der Waals surface area contributed by atoms with Crippen LogP contribution in [0.2, 0.25) is 0 Å². The predicted molar refractivity (Wildman–Crippen MR) is 139 cm³/mol. The summed E-state index contributed by atoms with van der Waals surface area (Å²) in [5.74, 6) is 0.551. The fraction of sp³-hybridized carbons (Fsp3) is 0.379. The van der Waals surface area contributed by atoms with E-state index in [0.29, 0.717) is 5.92 Å². The van der Waals surface area contributed by atoms with E-state index in [-0.39, 0.29) is 5.91 Å². The summed E-state index contributed by atoms with van der Waals surface area (Å²) in [6.45, 7) is 9.16. The predicted octanol–water partition coefficient (Wildman–Crippen LogP) is 6.47. The van der Waals surface area contributed by atoms with Crippen molar-refractivity contribution >= 4 is 23.3 Å². The van der Waals surface area contributed by atoms with Crippen LogP contribution in [0.25, 0.3) is 11.6 Å². The van der Waals surface area contributed by atoms with Crippen LogP contribution in [-0.2, 0) is 11.2 Å². The molecule has 0 spiro atoms. The Bertz CT molecular complexity index is 1150. The van der Waals surface area contributed by atoms with Crippen LogP contribution in [0, 0.1) is 5.92 Å². The van der Waals surface area contributed by atoms with Crippen LogP contribution >= 0.6 is 0 Å². The normalized spacial score (nSPS) is 21.4. The average Bonchev–Trinajstić information content (AvgIpc) is 3.05. The molecule has 1 aliphatic heterocycles. The molecule has 1 atom stereocenters. The third kappa shape index (κ3) is 5.62. The zero-order valence-electron chi connectivity index (χ0n) is 20.3. The molecule has 1 amide bonds. The van der Waals surface area contributed by atoms with Crippen molar-refractivity contribution in [3.63, 3.8) is 0 Å². The summed E-state index contributed by atoms with van der Waals surface area (Å²) < 4.78 is 0. The SMILES string of the molecule is CC1=CC(NC(=O)C2=C(C)C(C)=NCCC2)=Cc2cc(C3=CC=CC(C)CC=C3)[nH]c2CC1. The van der Waals surface area contributed by atoms with E-state index in [2.05, 4.69) is 77.7 Å². The monoisotopic (exact) mass is 441 g/mol. The van der Waals surface area contributed by atoms with Crippen molar-refractivity contribution in [2.24, 2.45) is 10.9 Å². The summed E-state index contributed by atoms with van der Waals surface area (Å²) >= 11 is 0. The number of allylic oxidation sites excluding steroid dienone is 9. The minimum atomic E-state index is -0.0120. The van der Waals surface area contributed by atoms with Crippen molar-refractivity contribution in [2.75, 3.05) is 6.54 Å². The van der Waals surface area contributed by atoms with Gasteiger partial charge in [-0.05, 0) is 93.7 Å². The fourth-order valence-corrected chi connectivity index (χ4v) is 4.54. The van der Waals surface area contributed by atoms with Crippen LogP contribution in [0.15, 0.2) is 69.9 Å². The molecule has 2 heterocycles. The van der Waals surface area contributed by atoms with Crippen LogP contribution in [0.4, 0.5) is 0 Å². The highest BCUT2D eigenvalue weighted by Gasteiger charge is 2.19. The maximum Gasteiger partial charge on any atom is 0.251 e. The molecule has 0 bridgehead atoms. The summed E-state index contributed by atoms with van der Waals surface area (Å²) in [6, 6.07) is 2.21. The first-order valence-corrected chi connectivity index (χ1v) is 12.1. The number of nitrogens with one attached hydrogen (secondary N) is 2. The van der Waals surface area contributed by atoms with Gasteiger partial charge in [0.15, 0.2) is 0 Å². The molecule has 0 radical (unpaired) electrons. The van der Waals surface area contributed by atoms with Crippen molar-refractivity contribution in [1.82, 2.24) is 10.3 Å². The maximum atomic E-state index is 13.2. The van der Waals surface area contributed by atoms with Gasteiger partial charge in [0, 0.05) is 34.9 Å². The van der Waals surface area contributed by atoms with Gasteiger partial charge in [-0.2, -0.15) is 0 Å². The van der Waals surface area contributed by atoms with Crippen LogP contribution in [0.5, 0.6) is 0 Å². The zero-order valence-corrected chi connectivity index (χ0v) is 20.3. The first-order valence-electron chi connectivity index (χ1n) is 12.1. The van der Waals surface area contributed by atoms with E-state index in [0.717, 1.165) is 72.5 Å². The molecule has 4 heteroatoms. The van der Waals surface area contributed by atoms with Crippen LogP contribution < -0.4 is 5.32 Å². The highest BCUT2D eigenvalue weighted by molar-refractivity contribution is 6.07. The molecule has 4 rings (SSSR count). The molecule has 0 saturated carbocycles. The largest absolute Gasteiger partial charge is 0.358 e. The molecular formula is C29H35N3O. The Labute approximate surface area is 197 Å². The second kappa shape index (κ2) is 10.2. The van der Waals surface area contributed by atoms with Gasteiger partial charge in [-0.15, -0.1) is 0 Å². The lowest BCUT2D eigenvalue weighted by Crippen LogP contribution is -2.25. The van der Waals surface area contributed by atoms with E-state index < -0.39 is 0 Å². The van der Waals surface area contributed by atoms with Gasteiger partial charge in [-0.1, -0.05) is 42.9 Å². The Morgan fingerprint density at radius 3 is 2.85 bits per heavy atom. The van der Waals surface area contributed by atoms with Gasteiger partial charge in [0.05, 0.1) is 0 Å². The Hall–Kier alpha value is -3.14. The minimum absolute atomic E-state index is 0.0120. The Kier molecular flexibility index (Phi) is 7.12. The molecule has 4 nitrogen and oxygen atoms in total. The molecule has 3 aliphatic rings. The lowest BCUT2D eigenvalue weighted by atomic mass is 9.99. The van der Waals surface area contributed by atoms with E-state index in [9.17, 15) is 4.79 Å². The van der Waals surface area contributed by atoms with Gasteiger partial charge in [0.2, 0.25) is 0 Å². The molecule has 1 aromatic heterocycles. The second-order valence-electron chi connectivity index (χ2n) is 9.46. The summed E-state index contributed by atoms with van der Waals surface area (Å²) in [7, 11) is 0. The smallest absolute Gasteiger partial charge is 0.251 e. The number of nitrogens with zero attached hydrogens (tertiary/aromatic N) is 1. The van der Waals surface area contributed by atoms with Gasteiger partial charge in [-0.3, -0.25) is 9.79 Å². The molecular weight excluding hydrogens is 406 g/mol. The number of aryl methyl sites for hydroxylation is 1. The third-order valence-electron chi connectivity index (χ3n) is 6.71. The van der Waals surface area contributed by atoms with Crippen molar-refractivity contribution in [3.05, 3.63) is 81.9 Å². The topological polar surface area (TPSA) is 57.2 Å². The molecule has 2 N–H and O–H groups in total. The van der Waals surface area contributed by atoms with Crippen LogP contribution in [0.1, 0.15) is 70.3 Å². The number of amides is 1. The van der Waals surface area contributed by atoms with Crippen LogP contribution in [0.3, 0.4) is 0 Å². The molecule has 2 aliphatic carbocycles. The molecule has 0 fully saturated rings. The molecule has 1 aromatic rings. The number of carbonyl (C=O) groups is 1. The summed E-state index contributed by atoms with van der Waals surface area (Å²) in [6.07, 6.45) is 19.9. The lowest BCUT2D eigenvalue weighted by Gasteiger charge is -2.14. The van der Waals surface area contributed by atoms with E-state index in [1.165, 1.54) is 16.8 Å². The highest BCUT2D eigenvalue weighted by atomic mass is 16.1. The first-order chi connectivity index (χ1) is 15.9. The van der Waals surface area contributed by atoms with E-state index in [1.54, 1.807) is 0 Å². The molecule has 172 valence electrons. The number of aromatic amines is 1. The quantitative estimate of drug-likeness (QED) is 0.555. The van der Waals surface area contributed by atoms with Gasteiger partial charge < -0.3 is 10.3 Å². The molecule has 0 aromatic carbocycles. The zero-order chi connectivity index (χ0) is 23.4. The number of H-pyrrole nitrogens is 1. The number of hydrogen-bond acceptors (Lipinski definition) is 2. The van der Waals surface area contributed by atoms with Crippen molar-refractivity contribution < 1.29 is 4.79 Å². The number of hydrogen-bond donors (Lipinski definition) is 2. The summed E-state index contributed by atoms with van der Waals surface area (Å²) in [4.78, 5) is 21.4. The average molecular weight is 442 g/mol. The van der Waals surface area contributed by atoms with E-state index >= 15 is 0 Å². The number of aliphatic imine (C=N–C) groups is 1. The standard InChI is InChI=1S/C29H35N3O/c1-19-8-5-10-23(11-6-9-19)28-18-24-17-25(16-20(2)13-14-27(24)32-28)31-29(33)26-12-7-15-30-22(4)21(26)3/h5-6,8,10-11,16-19,32H,7,9,12-15H2,1-4H3,(H,31,33). The Morgan fingerprint density at radius 2 is 2.00 bits per heavy atom. The van der Waals surface area contributed by atoms with Gasteiger partial charge in [0.1, 0.15) is 0 Å². The Balaban J connectivity index is 1.64. The van der Waals surface area contributed by atoms with Gasteiger partial charge in [0.25, 0.3) is 5.91 Å². The molecule has 0 saturated heterocycles. The first kappa shape index (κ1) is 23.0. The van der Waals surface area contributed by atoms with Crippen molar-refractivity contribution in [1.29, 1.82) is 0 Å². The van der Waals surface area contributed by atoms with Crippen molar-refractivity contribution in [3.8, 4) is 0 Å². The summed E-state index contributed by atoms with van der Waals surface area (Å²) in [5, 5.41) is 3.20. The van der Waals surface area contributed by atoms with Gasteiger partial charge in [-0.25, -0.2) is 0 Å². The Morgan fingerprint density at radius 1 is 1.15 bits per heavy atom. The molecule has 1 unspecified atom stereocenters. The third-order valence-corrected chi connectivity index (χ3v) is 6.71. The van der Waals surface area contributed by atoms with Crippen LogP contribution in [-0.4, -0.2) is 23.1 Å². The highest BCUT2D eigenvalue weighted by Crippen LogP contribution is 2.27. The van der Waals surface area contributed by atoms with E-state index in [4.69, 9.17) is 0 Å². The lowest BCUT2D eigenvalue weighted by molar-refractivity contribution is -0.116. The van der Waals surface area contributed by atoms with Crippen molar-refractivity contribution in [2.45, 2.75) is 59.8 Å². The number of fused-ring (bicyclic) bond motifs is 1. The fourth-order valence-electron chi connectivity index (χ4n) is 4.54. The number of rotatable bonds is 3. The van der Waals surface area contributed by atoms with E-state index in [1.807, 2.05) is 13.8 Å². The van der Waals surface area contributed by atoms with Gasteiger partial charge >= 0.3 is 0 Å². The second-order valence-corrected chi connectivity index (χ2v) is 9.46. The minimum Gasteiger partial charge on any atom is -0.358 e. The number of aromatic nitrogens is 1. The summed E-state index contributed by atoms with van der Waals surface area (Å²) in [5.41, 5.74) is 9.59. The number of carbonyl (C=O) groups excluding carboxylic acids is 1. The molecule has 33 heavy (non-hydrogen) atoms. The maximum absolute atomic E-state index is 13.2.